The van der Waals surface area contributed by atoms with Crippen LogP contribution in [-0.4, -0.2) is 16.9 Å². The topological polar surface area (TPSA) is 54.4 Å². The first-order valence-electron chi connectivity index (χ1n) is 4.85. The van der Waals surface area contributed by atoms with Crippen molar-refractivity contribution in [2.24, 2.45) is 5.92 Å². The number of carboxylic acids is 1. The van der Waals surface area contributed by atoms with E-state index in [9.17, 15) is 9.59 Å². The van der Waals surface area contributed by atoms with Crippen LogP contribution >= 0.6 is 0 Å². The fraction of sp³-hybridized carbons (Fsp3) is 0.333. The Hall–Kier alpha value is -1.64. The molecule has 0 saturated carbocycles. The Morgan fingerprint density at radius 2 is 1.67 bits per heavy atom. The quantitative estimate of drug-likeness (QED) is 0.767. The number of benzene rings is 1. The predicted molar refractivity (Wildman–Crippen MR) is 56.7 cm³/mol. The van der Waals surface area contributed by atoms with E-state index < -0.39 is 11.9 Å². The van der Waals surface area contributed by atoms with Crippen molar-refractivity contribution in [2.75, 3.05) is 0 Å². The van der Waals surface area contributed by atoms with Gasteiger partial charge in [0.2, 0.25) is 0 Å². The lowest BCUT2D eigenvalue weighted by molar-refractivity contribution is -0.145. The highest BCUT2D eigenvalue weighted by Gasteiger charge is 2.26. The molecule has 2 unspecified atom stereocenters. The van der Waals surface area contributed by atoms with Crippen LogP contribution in [0, 0.1) is 5.92 Å². The lowest BCUT2D eigenvalue weighted by Crippen LogP contribution is -2.24. The van der Waals surface area contributed by atoms with E-state index in [1.54, 1.807) is 6.92 Å². The van der Waals surface area contributed by atoms with E-state index >= 15 is 0 Å². The summed E-state index contributed by atoms with van der Waals surface area (Å²) in [4.78, 5) is 22.4. The monoisotopic (exact) mass is 206 g/mol. The van der Waals surface area contributed by atoms with Gasteiger partial charge < -0.3 is 5.11 Å². The summed E-state index contributed by atoms with van der Waals surface area (Å²) in [5.74, 6) is -2.63. The molecule has 0 heterocycles. The molecule has 0 spiro atoms. The minimum absolute atomic E-state index is 0.256. The van der Waals surface area contributed by atoms with Crippen molar-refractivity contribution in [1.82, 2.24) is 0 Å². The van der Waals surface area contributed by atoms with Gasteiger partial charge in [-0.05, 0) is 12.5 Å². The lowest BCUT2D eigenvalue weighted by atomic mass is 9.90. The van der Waals surface area contributed by atoms with Crippen molar-refractivity contribution in [3.05, 3.63) is 35.9 Å². The van der Waals surface area contributed by atoms with Gasteiger partial charge in [-0.25, -0.2) is 0 Å². The zero-order valence-electron chi connectivity index (χ0n) is 8.81. The molecule has 1 aromatic carbocycles. The van der Waals surface area contributed by atoms with Gasteiger partial charge in [-0.3, -0.25) is 9.59 Å². The summed E-state index contributed by atoms with van der Waals surface area (Å²) in [5.41, 5.74) is 0.857. The number of Topliss-reactive ketones (excluding diaryl/α,β-unsaturated/α-hetero) is 1. The van der Waals surface area contributed by atoms with Crippen molar-refractivity contribution in [1.29, 1.82) is 0 Å². The Kier molecular flexibility index (Phi) is 3.61. The number of hydrogen-bond donors (Lipinski definition) is 1. The third-order valence-corrected chi connectivity index (χ3v) is 2.52. The zero-order chi connectivity index (χ0) is 11.4. The molecule has 1 aromatic rings. The highest BCUT2D eigenvalue weighted by atomic mass is 16.4. The summed E-state index contributed by atoms with van der Waals surface area (Å²) in [5, 5.41) is 8.73. The van der Waals surface area contributed by atoms with E-state index in [0.717, 1.165) is 5.56 Å². The van der Waals surface area contributed by atoms with Crippen LogP contribution in [0.25, 0.3) is 0 Å². The number of carboxylic acid groups (broad SMARTS) is 1. The second-order valence-corrected chi connectivity index (χ2v) is 3.59. The van der Waals surface area contributed by atoms with Crippen molar-refractivity contribution in [2.45, 2.75) is 19.8 Å². The Labute approximate surface area is 88.7 Å². The minimum Gasteiger partial charge on any atom is -0.481 e. The highest BCUT2D eigenvalue weighted by Crippen LogP contribution is 2.19. The van der Waals surface area contributed by atoms with Gasteiger partial charge in [0.05, 0.1) is 0 Å². The van der Waals surface area contributed by atoms with E-state index in [-0.39, 0.29) is 11.7 Å². The van der Waals surface area contributed by atoms with Crippen molar-refractivity contribution >= 4 is 11.8 Å². The molecule has 1 rings (SSSR count). The molecule has 0 fully saturated rings. The van der Waals surface area contributed by atoms with E-state index in [1.165, 1.54) is 6.92 Å². The van der Waals surface area contributed by atoms with Gasteiger partial charge in [-0.15, -0.1) is 0 Å². The summed E-state index contributed by atoms with van der Waals surface area (Å²) in [7, 11) is 0. The molecule has 0 bridgehead atoms. The molecule has 1 N–H and O–H groups in total. The van der Waals surface area contributed by atoms with Gasteiger partial charge in [-0.1, -0.05) is 37.3 Å². The molecule has 0 radical (unpaired) electrons. The first-order valence-corrected chi connectivity index (χ1v) is 4.85. The van der Waals surface area contributed by atoms with Gasteiger partial charge >= 0.3 is 5.97 Å². The summed E-state index contributed by atoms with van der Waals surface area (Å²) in [6.07, 6.45) is 0. The SMILES string of the molecule is CC(C(=O)O)C(=O)C(C)c1ccccc1. The van der Waals surface area contributed by atoms with Crippen LogP contribution in [-0.2, 0) is 9.59 Å². The van der Waals surface area contributed by atoms with Crippen LogP contribution in [0.1, 0.15) is 25.3 Å². The van der Waals surface area contributed by atoms with E-state index in [0.29, 0.717) is 0 Å². The average Bonchev–Trinajstić information content (AvgIpc) is 2.27. The minimum atomic E-state index is -1.07. The van der Waals surface area contributed by atoms with Gasteiger partial charge in [0, 0.05) is 5.92 Å². The van der Waals surface area contributed by atoms with Crippen LogP contribution in [0.15, 0.2) is 30.3 Å². The second kappa shape index (κ2) is 4.73. The first-order chi connectivity index (χ1) is 7.04. The van der Waals surface area contributed by atoms with Gasteiger partial charge in [-0.2, -0.15) is 0 Å². The van der Waals surface area contributed by atoms with Crippen LogP contribution in [0.3, 0.4) is 0 Å². The number of carbonyl (C=O) groups is 2. The molecule has 80 valence electrons. The van der Waals surface area contributed by atoms with E-state index in [2.05, 4.69) is 0 Å². The summed E-state index contributed by atoms with van der Waals surface area (Å²) in [6.45, 7) is 3.15. The maximum Gasteiger partial charge on any atom is 0.313 e. The number of rotatable bonds is 4. The van der Waals surface area contributed by atoms with Gasteiger partial charge in [0.1, 0.15) is 5.92 Å². The number of ketones is 1. The number of carbonyl (C=O) groups excluding carboxylic acids is 1. The van der Waals surface area contributed by atoms with Crippen LogP contribution in [0.2, 0.25) is 0 Å². The van der Waals surface area contributed by atoms with Gasteiger partial charge in [0.15, 0.2) is 5.78 Å². The van der Waals surface area contributed by atoms with Crippen molar-refractivity contribution in [3.63, 3.8) is 0 Å². The molecule has 3 heteroatoms. The number of hydrogen-bond acceptors (Lipinski definition) is 2. The molecule has 0 aliphatic carbocycles. The fourth-order valence-corrected chi connectivity index (χ4v) is 1.40. The maximum atomic E-state index is 11.7. The van der Waals surface area contributed by atoms with E-state index in [1.807, 2.05) is 30.3 Å². The third-order valence-electron chi connectivity index (χ3n) is 2.52. The van der Waals surface area contributed by atoms with Crippen molar-refractivity contribution < 1.29 is 14.7 Å². The standard InChI is InChI=1S/C12H14O3/c1-8(10-6-4-3-5-7-10)11(13)9(2)12(14)15/h3-9H,1-2H3,(H,14,15). The summed E-state index contributed by atoms with van der Waals surface area (Å²) < 4.78 is 0. The molecule has 0 aliphatic rings. The second-order valence-electron chi connectivity index (χ2n) is 3.59. The highest BCUT2D eigenvalue weighted by molar-refractivity contribution is 6.01. The first kappa shape index (κ1) is 11.4. The smallest absolute Gasteiger partial charge is 0.313 e. The number of aliphatic carboxylic acids is 1. The average molecular weight is 206 g/mol. The Balaban J connectivity index is 2.82. The Morgan fingerprint density at radius 3 is 2.13 bits per heavy atom. The molecule has 0 aliphatic heterocycles. The van der Waals surface area contributed by atoms with Gasteiger partial charge in [0.25, 0.3) is 0 Å². The predicted octanol–water partition coefficient (Wildman–Crippen LogP) is 2.08. The molecule has 3 nitrogen and oxygen atoms in total. The summed E-state index contributed by atoms with van der Waals surface area (Å²) in [6, 6.07) is 9.20. The fourth-order valence-electron chi connectivity index (χ4n) is 1.40. The Bertz CT molecular complexity index is 356. The van der Waals surface area contributed by atoms with Crippen LogP contribution in [0.5, 0.6) is 0 Å². The molecular weight excluding hydrogens is 192 g/mol. The Morgan fingerprint density at radius 1 is 1.13 bits per heavy atom. The molecule has 0 saturated heterocycles. The summed E-state index contributed by atoms with van der Waals surface area (Å²) >= 11 is 0. The largest absolute Gasteiger partial charge is 0.481 e. The molecule has 0 amide bonds. The molecular formula is C12H14O3. The zero-order valence-corrected chi connectivity index (χ0v) is 8.81. The van der Waals surface area contributed by atoms with E-state index in [4.69, 9.17) is 5.11 Å². The van der Waals surface area contributed by atoms with Crippen molar-refractivity contribution in [3.8, 4) is 0 Å². The molecule has 0 aromatic heterocycles. The lowest BCUT2D eigenvalue weighted by Gasteiger charge is -2.13. The maximum absolute atomic E-state index is 11.7. The molecule has 2 atom stereocenters. The van der Waals surface area contributed by atoms with Crippen LogP contribution in [0.4, 0.5) is 0 Å². The molecule has 15 heavy (non-hydrogen) atoms. The normalized spacial score (nSPS) is 14.3. The third kappa shape index (κ3) is 2.65. The van der Waals surface area contributed by atoms with Crippen LogP contribution < -0.4 is 0 Å².